The summed E-state index contributed by atoms with van der Waals surface area (Å²) in [5.74, 6) is -8.23. The van der Waals surface area contributed by atoms with Crippen LogP contribution in [0.15, 0.2) is 36.4 Å². The third-order valence-corrected chi connectivity index (χ3v) is 6.83. The van der Waals surface area contributed by atoms with E-state index in [0.29, 0.717) is 30.9 Å². The van der Waals surface area contributed by atoms with Gasteiger partial charge in [-0.1, -0.05) is 6.92 Å². The summed E-state index contributed by atoms with van der Waals surface area (Å²) in [5.41, 5.74) is -1.49. The molecule has 4 rings (SSSR count). The van der Waals surface area contributed by atoms with Crippen molar-refractivity contribution in [3.63, 3.8) is 0 Å². The van der Waals surface area contributed by atoms with Crippen LogP contribution in [0.4, 0.5) is 23.2 Å². The number of amides is 2. The van der Waals surface area contributed by atoms with Crippen molar-refractivity contribution < 1.29 is 27.2 Å². The zero-order chi connectivity index (χ0) is 23.3. The number of hydrogen-bond donors (Lipinski definition) is 2. The molecule has 0 saturated heterocycles. The highest BCUT2D eigenvalue weighted by molar-refractivity contribution is 6.04. The Balaban J connectivity index is 1.55. The molecule has 0 unspecified atom stereocenters. The zero-order valence-corrected chi connectivity index (χ0v) is 17.8. The van der Waals surface area contributed by atoms with E-state index in [4.69, 9.17) is 0 Å². The van der Waals surface area contributed by atoms with Gasteiger partial charge in [0.2, 0.25) is 0 Å². The number of benzene rings is 2. The Hall–Kier alpha value is -2.90. The lowest BCUT2D eigenvalue weighted by Crippen LogP contribution is -2.50. The molecule has 2 aromatic carbocycles. The second kappa shape index (κ2) is 7.60. The van der Waals surface area contributed by atoms with Gasteiger partial charge in [-0.25, -0.2) is 8.78 Å². The minimum atomic E-state index is -4.15. The molecular weight excluding hydrogens is 424 g/mol. The molecule has 0 spiro atoms. The highest BCUT2D eigenvalue weighted by Crippen LogP contribution is 2.56. The molecule has 0 atom stereocenters. The molecule has 0 heterocycles. The Morgan fingerprint density at radius 3 is 2.22 bits per heavy atom. The molecule has 2 fully saturated rings. The molecule has 2 amide bonds. The molecule has 0 aliphatic heterocycles. The Bertz CT molecular complexity index is 1090. The second-order valence-electron chi connectivity index (χ2n) is 9.41. The lowest BCUT2D eigenvalue weighted by Gasteiger charge is -2.30. The molecule has 2 N–H and O–H groups in total. The van der Waals surface area contributed by atoms with E-state index in [9.17, 15) is 18.4 Å². The molecule has 4 nitrogen and oxygen atoms in total. The Labute approximate surface area is 183 Å². The monoisotopic (exact) mass is 448 g/mol. The number of carbonyl (C=O) groups excluding carboxylic acids is 2. The summed E-state index contributed by atoms with van der Waals surface area (Å²) in [6.45, 7) is 3.59. The van der Waals surface area contributed by atoms with Gasteiger partial charge in [0.25, 0.3) is 11.8 Å². The lowest BCUT2D eigenvalue weighted by atomic mass is 9.86. The minimum absolute atomic E-state index is 0.0462. The van der Waals surface area contributed by atoms with Crippen molar-refractivity contribution in [3.05, 3.63) is 64.7 Å². The first-order valence-corrected chi connectivity index (χ1v) is 10.5. The standard InChI is InChI=1S/C24H24F4N2O2/c1-14-11-16(4-6-18(14)25)29-20(31)15-3-5-19(26)17(12-15)24(27,28)21(32)30-23-9-7-22(2,13-23)8-10-23/h3-6,11-12H,7-10,13H2,1-2H3,(H,29,31)(H,30,32). The van der Waals surface area contributed by atoms with Gasteiger partial charge in [-0.3, -0.25) is 9.59 Å². The van der Waals surface area contributed by atoms with E-state index in [1.807, 2.05) is 0 Å². The maximum atomic E-state index is 15.0. The van der Waals surface area contributed by atoms with Gasteiger partial charge in [-0.2, -0.15) is 8.78 Å². The number of aryl methyl sites for hydroxylation is 1. The third kappa shape index (κ3) is 3.98. The highest BCUT2D eigenvalue weighted by Gasteiger charge is 2.55. The van der Waals surface area contributed by atoms with Crippen LogP contribution < -0.4 is 10.6 Å². The van der Waals surface area contributed by atoms with E-state index < -0.39 is 40.5 Å². The van der Waals surface area contributed by atoms with Gasteiger partial charge in [0, 0.05) is 16.8 Å². The van der Waals surface area contributed by atoms with Gasteiger partial charge in [0.15, 0.2) is 0 Å². The van der Waals surface area contributed by atoms with Crippen LogP contribution in [0.1, 0.15) is 60.5 Å². The van der Waals surface area contributed by atoms with Crippen molar-refractivity contribution in [2.75, 3.05) is 5.32 Å². The van der Waals surface area contributed by atoms with E-state index in [0.717, 1.165) is 31.0 Å². The number of nitrogens with one attached hydrogen (secondary N) is 2. The fraction of sp³-hybridized carbons (Fsp3) is 0.417. The predicted octanol–water partition coefficient (Wildman–Crippen LogP) is 5.46. The summed E-state index contributed by atoms with van der Waals surface area (Å²) >= 11 is 0. The third-order valence-electron chi connectivity index (χ3n) is 6.83. The summed E-state index contributed by atoms with van der Waals surface area (Å²) < 4.78 is 57.8. The second-order valence-corrected chi connectivity index (χ2v) is 9.41. The first-order chi connectivity index (χ1) is 14.9. The zero-order valence-electron chi connectivity index (χ0n) is 17.8. The van der Waals surface area contributed by atoms with Crippen molar-refractivity contribution in [2.45, 2.75) is 57.4 Å². The molecule has 2 aliphatic carbocycles. The van der Waals surface area contributed by atoms with E-state index in [-0.39, 0.29) is 16.7 Å². The van der Waals surface area contributed by atoms with Crippen LogP contribution >= 0.6 is 0 Å². The Morgan fingerprint density at radius 1 is 0.969 bits per heavy atom. The van der Waals surface area contributed by atoms with Crippen molar-refractivity contribution in [1.29, 1.82) is 0 Å². The van der Waals surface area contributed by atoms with Crippen LogP contribution in [0.5, 0.6) is 0 Å². The van der Waals surface area contributed by atoms with Crippen LogP contribution in [0.3, 0.4) is 0 Å². The van der Waals surface area contributed by atoms with Gasteiger partial charge in [0.05, 0.1) is 5.56 Å². The molecule has 0 aromatic heterocycles. The van der Waals surface area contributed by atoms with Gasteiger partial charge < -0.3 is 10.6 Å². The maximum Gasteiger partial charge on any atom is 0.352 e. The smallest absolute Gasteiger partial charge is 0.345 e. The molecule has 170 valence electrons. The Morgan fingerprint density at radius 2 is 1.62 bits per heavy atom. The summed E-state index contributed by atoms with van der Waals surface area (Å²) in [7, 11) is 0. The molecule has 2 bridgehead atoms. The maximum absolute atomic E-state index is 15.0. The normalized spacial score (nSPS) is 24.4. The van der Waals surface area contributed by atoms with Crippen LogP contribution in [0, 0.1) is 24.0 Å². The lowest BCUT2D eigenvalue weighted by molar-refractivity contribution is -0.149. The summed E-state index contributed by atoms with van der Waals surface area (Å²) in [4.78, 5) is 25.1. The average Bonchev–Trinajstić information content (AvgIpc) is 3.23. The molecule has 32 heavy (non-hydrogen) atoms. The van der Waals surface area contributed by atoms with Gasteiger partial charge in [0.1, 0.15) is 11.6 Å². The van der Waals surface area contributed by atoms with Crippen LogP contribution in [-0.2, 0) is 10.7 Å². The summed E-state index contributed by atoms with van der Waals surface area (Å²) in [5, 5.41) is 4.95. The number of rotatable bonds is 5. The highest BCUT2D eigenvalue weighted by atomic mass is 19.3. The number of carbonyl (C=O) groups is 2. The summed E-state index contributed by atoms with van der Waals surface area (Å²) in [6, 6.07) is 6.35. The number of hydrogen-bond acceptors (Lipinski definition) is 2. The van der Waals surface area contributed by atoms with Crippen LogP contribution in [-0.4, -0.2) is 17.4 Å². The predicted molar refractivity (Wildman–Crippen MR) is 111 cm³/mol. The fourth-order valence-corrected chi connectivity index (χ4v) is 4.95. The van der Waals surface area contributed by atoms with E-state index >= 15 is 8.78 Å². The van der Waals surface area contributed by atoms with Gasteiger partial charge in [-0.15, -0.1) is 0 Å². The van der Waals surface area contributed by atoms with E-state index in [1.165, 1.54) is 19.1 Å². The molecule has 0 radical (unpaired) electrons. The van der Waals surface area contributed by atoms with Crippen molar-refractivity contribution in [2.24, 2.45) is 5.41 Å². The Kier molecular flexibility index (Phi) is 5.30. The first kappa shape index (κ1) is 22.3. The van der Waals surface area contributed by atoms with Crippen molar-refractivity contribution >= 4 is 17.5 Å². The molecule has 8 heteroatoms. The SMILES string of the molecule is Cc1cc(NC(=O)c2ccc(F)c(C(F)(F)C(=O)NC34CCC(C)(CC3)C4)c2)ccc1F. The number of halogens is 4. The number of anilines is 1. The van der Waals surface area contributed by atoms with E-state index in [1.54, 1.807) is 0 Å². The average molecular weight is 448 g/mol. The van der Waals surface area contributed by atoms with E-state index in [2.05, 4.69) is 17.6 Å². The molecule has 2 saturated carbocycles. The van der Waals surface area contributed by atoms with Crippen molar-refractivity contribution in [3.8, 4) is 0 Å². The molecule has 2 aliphatic rings. The number of fused-ring (bicyclic) bond motifs is 2. The van der Waals surface area contributed by atoms with Crippen LogP contribution in [0.25, 0.3) is 0 Å². The fourth-order valence-electron chi connectivity index (χ4n) is 4.95. The van der Waals surface area contributed by atoms with Gasteiger partial charge >= 0.3 is 5.92 Å². The summed E-state index contributed by atoms with van der Waals surface area (Å²) in [6.07, 6.45) is 3.57. The molecule has 2 aromatic rings. The minimum Gasteiger partial charge on any atom is -0.345 e. The molecular formula is C24H24F4N2O2. The topological polar surface area (TPSA) is 58.2 Å². The quantitative estimate of drug-likeness (QED) is 0.597. The number of alkyl halides is 2. The van der Waals surface area contributed by atoms with Crippen LogP contribution in [0.2, 0.25) is 0 Å². The van der Waals surface area contributed by atoms with Crippen molar-refractivity contribution in [1.82, 2.24) is 5.32 Å². The first-order valence-electron chi connectivity index (χ1n) is 10.5. The largest absolute Gasteiger partial charge is 0.352 e. The van der Waals surface area contributed by atoms with Gasteiger partial charge in [-0.05, 0) is 86.4 Å².